The number of hydrogen-bond acceptors (Lipinski definition) is 4. The molecule has 0 saturated carbocycles. The zero-order valence-electron chi connectivity index (χ0n) is 35.0. The Bertz CT molecular complexity index is 3190. The molecular formula is C51H43F3N4O3S. The Labute approximate surface area is 358 Å². The first-order valence-electron chi connectivity index (χ1n) is 19.9. The van der Waals surface area contributed by atoms with Gasteiger partial charge in [-0.3, -0.25) is 0 Å². The van der Waals surface area contributed by atoms with Gasteiger partial charge >= 0.3 is 5.51 Å². The van der Waals surface area contributed by atoms with Gasteiger partial charge < -0.3 is 14.1 Å². The summed E-state index contributed by atoms with van der Waals surface area (Å²) in [7, 11) is -1.74. The van der Waals surface area contributed by atoms with Crippen LogP contribution in [0.15, 0.2) is 162 Å². The van der Waals surface area contributed by atoms with Crippen molar-refractivity contribution < 1.29 is 30.7 Å². The molecule has 4 aromatic carbocycles. The summed E-state index contributed by atoms with van der Waals surface area (Å²) in [6.45, 7) is 8.56. The molecule has 6 aromatic rings. The maximum Gasteiger partial charge on any atom is 0.485 e. The molecular weight excluding hydrogens is 806 g/mol. The van der Waals surface area contributed by atoms with Crippen molar-refractivity contribution in [1.82, 2.24) is 9.55 Å². The molecule has 312 valence electrons. The van der Waals surface area contributed by atoms with Gasteiger partial charge in [-0.15, -0.1) is 0 Å². The van der Waals surface area contributed by atoms with Crippen LogP contribution in [0.4, 0.5) is 13.2 Å². The summed E-state index contributed by atoms with van der Waals surface area (Å²) in [5, 5.41) is 2.07. The lowest BCUT2D eigenvalue weighted by atomic mass is 9.95. The highest BCUT2D eigenvalue weighted by Gasteiger charge is 2.37. The Balaban J connectivity index is 0.000000604. The minimum absolute atomic E-state index is 0.929. The number of nitrogens with zero attached hydrogens (tertiary/aromatic N) is 3. The quantitative estimate of drug-likeness (QED) is 0.109. The number of hydrogen-bond donors (Lipinski definition) is 1. The molecule has 8 bridgehead atoms. The molecule has 3 aliphatic heterocycles. The largest absolute Gasteiger partial charge is 0.741 e. The van der Waals surface area contributed by atoms with Crippen molar-refractivity contribution in [2.75, 3.05) is 7.05 Å². The zero-order valence-corrected chi connectivity index (χ0v) is 35.8. The van der Waals surface area contributed by atoms with Gasteiger partial charge in [-0.1, -0.05) is 119 Å². The summed E-state index contributed by atoms with van der Waals surface area (Å²) in [5.41, 5.74) is 14.8. The van der Waals surface area contributed by atoms with E-state index < -0.39 is 15.6 Å². The average Bonchev–Trinajstić information content (AvgIpc) is 4.05. The number of nitrogens with one attached hydrogen (secondary N) is 1. The van der Waals surface area contributed by atoms with Gasteiger partial charge in [0.15, 0.2) is 10.1 Å². The molecule has 3 aliphatic rings. The number of benzene rings is 4. The Morgan fingerprint density at radius 1 is 0.597 bits per heavy atom. The molecule has 0 fully saturated rings. The first-order valence-corrected chi connectivity index (χ1v) is 21.3. The molecule has 9 rings (SSSR count). The number of fused-ring (bicyclic) bond motifs is 6. The van der Waals surface area contributed by atoms with Gasteiger partial charge in [-0.05, 0) is 80.3 Å². The zero-order chi connectivity index (χ0) is 44.1. The summed E-state index contributed by atoms with van der Waals surface area (Å²) in [4.78, 5) is 9.39. The van der Waals surface area contributed by atoms with Crippen molar-refractivity contribution in [2.45, 2.75) is 33.2 Å². The molecule has 0 amide bonds. The number of halogens is 3. The summed E-state index contributed by atoms with van der Waals surface area (Å²) in [6.07, 6.45) is 11.2. The lowest BCUT2D eigenvalue weighted by Crippen LogP contribution is -2.21. The van der Waals surface area contributed by atoms with Gasteiger partial charge in [0.2, 0.25) is 11.4 Å². The fourth-order valence-corrected chi connectivity index (χ4v) is 7.94. The normalized spacial score (nSPS) is 15.1. The molecule has 0 atom stereocenters. The van der Waals surface area contributed by atoms with Gasteiger partial charge in [0.1, 0.15) is 7.05 Å². The van der Waals surface area contributed by atoms with E-state index in [-0.39, 0.29) is 0 Å². The monoisotopic (exact) mass is 848 g/mol. The molecule has 62 heavy (non-hydrogen) atoms. The first-order chi connectivity index (χ1) is 29.5. The van der Waals surface area contributed by atoms with E-state index >= 15 is 0 Å². The number of aryl methyl sites for hydroxylation is 5. The van der Waals surface area contributed by atoms with E-state index in [0.29, 0.717) is 0 Å². The topological polar surface area (TPSA) is 93.3 Å². The van der Waals surface area contributed by atoms with Crippen molar-refractivity contribution in [2.24, 2.45) is 12.0 Å². The first kappa shape index (κ1) is 41.9. The van der Waals surface area contributed by atoms with E-state index in [1.54, 1.807) is 0 Å². The van der Waals surface area contributed by atoms with Crippen LogP contribution in [0.1, 0.15) is 55.8 Å². The molecule has 11 heteroatoms. The number of likely N-dealkylation sites (N-methyl/N-ethyl adjacent to an activating group) is 1. The molecule has 0 saturated heterocycles. The predicted octanol–water partition coefficient (Wildman–Crippen LogP) is 8.93. The molecule has 1 N–H and O–H groups in total. The number of aliphatic imine (C=N–C) groups is 1. The van der Waals surface area contributed by atoms with Crippen LogP contribution < -0.4 is 10.7 Å². The van der Waals surface area contributed by atoms with Gasteiger partial charge in [0, 0.05) is 52.8 Å². The van der Waals surface area contributed by atoms with Crippen molar-refractivity contribution in [3.63, 3.8) is 0 Å². The van der Waals surface area contributed by atoms with Crippen LogP contribution in [-0.2, 0) is 17.2 Å². The second-order valence-electron chi connectivity index (χ2n) is 15.8. The van der Waals surface area contributed by atoms with Crippen LogP contribution >= 0.6 is 0 Å². The van der Waals surface area contributed by atoms with Gasteiger partial charge in [-0.25, -0.2) is 13.4 Å². The van der Waals surface area contributed by atoms with E-state index in [9.17, 15) is 13.2 Å². The molecule has 2 aromatic heterocycles. The summed E-state index contributed by atoms with van der Waals surface area (Å²) in [5.74, 6) is 0. The van der Waals surface area contributed by atoms with Crippen LogP contribution in [0.5, 0.6) is 0 Å². The number of rotatable bonds is 4. The third-order valence-electron chi connectivity index (χ3n) is 11.2. The third kappa shape index (κ3) is 8.16. The number of allylic oxidation sites excluding steroid dienone is 5. The number of H-pyrrole nitrogens is 1. The van der Waals surface area contributed by atoms with E-state index in [1.807, 2.05) is 0 Å². The highest BCUT2D eigenvalue weighted by atomic mass is 32.2. The van der Waals surface area contributed by atoms with Gasteiger partial charge in [0.25, 0.3) is 0 Å². The van der Waals surface area contributed by atoms with E-state index in [1.165, 1.54) is 33.4 Å². The minimum Gasteiger partial charge on any atom is -0.741 e. The maximum absolute atomic E-state index is 10.7. The number of aromatic amines is 1. The minimum atomic E-state index is -6.09. The fourth-order valence-electron chi connectivity index (χ4n) is 7.94. The lowest BCUT2D eigenvalue weighted by molar-refractivity contribution is -0.431. The average molecular weight is 849 g/mol. The Morgan fingerprint density at radius 3 is 1.52 bits per heavy atom. The van der Waals surface area contributed by atoms with Crippen LogP contribution in [0.2, 0.25) is 0 Å². The van der Waals surface area contributed by atoms with Gasteiger partial charge in [0.05, 0.1) is 28.2 Å². The van der Waals surface area contributed by atoms with E-state index in [4.69, 9.17) is 18.0 Å². The van der Waals surface area contributed by atoms with Crippen molar-refractivity contribution in [3.8, 4) is 0 Å². The number of alkyl halides is 3. The smallest absolute Gasteiger partial charge is 0.485 e. The Hall–Kier alpha value is -6.82. The fraction of sp³-hybridized carbons (Fsp3) is 0.137. The van der Waals surface area contributed by atoms with Crippen molar-refractivity contribution in [1.29, 1.82) is 0 Å². The SMILES string of the molecule is Cc1ccc(C2=C3C=CC(=N3)C(c3ccc(C)cc3)=c3ccc([nH]3)=C(c3ccc(C)cc3)c3cc(cn3C)C(c3ccc(C)cc3)=C3C=CC2=[N+]3C)cc1.O=S(=O)([O-])C(F)(F)F. The highest BCUT2D eigenvalue weighted by molar-refractivity contribution is 7.86. The van der Waals surface area contributed by atoms with E-state index in [0.717, 1.165) is 78.2 Å². The summed E-state index contributed by atoms with van der Waals surface area (Å²) in [6, 6.07) is 42.2. The standard InChI is InChI=1S/C50H42N4.CHF3O3S/c1-31-7-15-35(16-8-31)47-39-29-46(53(5)30-39)50(38-21-13-34(4)14-22-38)43-26-24-41(52-43)48(36-17-9-32(2)10-18-36)40-23-25-42(51-40)49(37-19-11-33(3)12-20-37)45-28-27-44(47)54(45)6;2-1(3,4)8(5,6)7/h7-30H,1-6H3;(H,5,6,7). The van der Waals surface area contributed by atoms with Crippen molar-refractivity contribution >= 4 is 43.8 Å². The van der Waals surface area contributed by atoms with Crippen molar-refractivity contribution in [3.05, 3.63) is 224 Å². The lowest BCUT2D eigenvalue weighted by Gasteiger charge is -2.11. The molecule has 5 heterocycles. The molecule has 0 spiro atoms. The summed E-state index contributed by atoms with van der Waals surface area (Å²) < 4.78 is 63.5. The molecule has 0 aliphatic carbocycles. The second-order valence-corrected chi connectivity index (χ2v) is 17.1. The van der Waals surface area contributed by atoms with E-state index in [2.05, 4.69) is 202 Å². The van der Waals surface area contributed by atoms with Crippen LogP contribution in [0, 0.1) is 27.7 Å². The van der Waals surface area contributed by atoms with Crippen LogP contribution in [0.3, 0.4) is 0 Å². The Kier molecular flexibility index (Phi) is 11.0. The molecule has 0 radical (unpaired) electrons. The summed E-state index contributed by atoms with van der Waals surface area (Å²) >= 11 is 0. The third-order valence-corrected chi connectivity index (χ3v) is 11.8. The molecule has 7 nitrogen and oxygen atoms in total. The predicted molar refractivity (Wildman–Crippen MR) is 240 cm³/mol. The Morgan fingerprint density at radius 2 is 1.03 bits per heavy atom. The highest BCUT2D eigenvalue weighted by Crippen LogP contribution is 2.36. The van der Waals surface area contributed by atoms with Crippen LogP contribution in [0.25, 0.3) is 22.3 Å². The molecule has 0 unspecified atom stereocenters. The number of aromatic nitrogens is 2. The maximum atomic E-state index is 10.7. The van der Waals surface area contributed by atoms with Gasteiger partial charge in [-0.2, -0.15) is 17.7 Å². The van der Waals surface area contributed by atoms with Crippen LogP contribution in [-0.4, -0.2) is 51.1 Å². The second kappa shape index (κ2) is 16.2.